The van der Waals surface area contributed by atoms with Crippen LogP contribution in [0, 0.1) is 12.8 Å². The lowest BCUT2D eigenvalue weighted by Crippen LogP contribution is -2.14. The minimum Gasteiger partial charge on any atom is -0.368 e. The molecule has 1 saturated heterocycles. The molecule has 17 heavy (non-hydrogen) atoms. The fourth-order valence-electron chi connectivity index (χ4n) is 2.17. The Morgan fingerprint density at radius 3 is 3.35 bits per heavy atom. The van der Waals surface area contributed by atoms with Crippen molar-refractivity contribution in [3.8, 4) is 0 Å². The molecule has 1 atom stereocenters. The molecule has 0 aliphatic carbocycles. The molecule has 1 aliphatic heterocycles. The van der Waals surface area contributed by atoms with Gasteiger partial charge in [-0.05, 0) is 36.8 Å². The van der Waals surface area contributed by atoms with Crippen LogP contribution in [-0.4, -0.2) is 32.6 Å². The number of rotatable bonds is 3. The van der Waals surface area contributed by atoms with E-state index in [0.717, 1.165) is 29.5 Å². The van der Waals surface area contributed by atoms with Gasteiger partial charge < -0.3 is 5.32 Å². The van der Waals surface area contributed by atoms with Crippen LogP contribution in [0.15, 0.2) is 18.5 Å². The Kier molecular flexibility index (Phi) is 2.93. The van der Waals surface area contributed by atoms with Crippen LogP contribution >= 0.6 is 11.8 Å². The van der Waals surface area contributed by atoms with Gasteiger partial charge in [-0.2, -0.15) is 16.9 Å². The summed E-state index contributed by atoms with van der Waals surface area (Å²) in [4.78, 5) is 4.40. The van der Waals surface area contributed by atoms with Gasteiger partial charge in [0.05, 0.1) is 5.69 Å². The highest BCUT2D eigenvalue weighted by atomic mass is 32.2. The summed E-state index contributed by atoms with van der Waals surface area (Å²) < 4.78 is 1.88. The Morgan fingerprint density at radius 1 is 1.59 bits per heavy atom. The van der Waals surface area contributed by atoms with E-state index in [1.807, 2.05) is 29.4 Å². The van der Waals surface area contributed by atoms with Crippen LogP contribution in [-0.2, 0) is 0 Å². The van der Waals surface area contributed by atoms with Gasteiger partial charge >= 0.3 is 0 Å². The van der Waals surface area contributed by atoms with E-state index in [9.17, 15) is 0 Å². The van der Waals surface area contributed by atoms with Crippen molar-refractivity contribution in [2.75, 3.05) is 23.4 Å². The fourth-order valence-corrected chi connectivity index (χ4v) is 3.45. The van der Waals surface area contributed by atoms with Crippen molar-refractivity contribution >= 4 is 23.1 Å². The number of nitrogens with zero attached hydrogens (tertiary/aromatic N) is 3. The number of fused-ring (bicyclic) bond motifs is 1. The number of nitrogens with one attached hydrogen (secondary N) is 1. The van der Waals surface area contributed by atoms with Gasteiger partial charge in [-0.1, -0.05) is 0 Å². The molecular formula is C12H16N4S. The molecule has 0 spiro atoms. The number of hydrogen-bond donors (Lipinski definition) is 1. The summed E-state index contributed by atoms with van der Waals surface area (Å²) in [6.07, 6.45) is 5.00. The molecular weight excluding hydrogens is 232 g/mol. The maximum atomic E-state index is 4.40. The van der Waals surface area contributed by atoms with Crippen molar-refractivity contribution in [3.63, 3.8) is 0 Å². The summed E-state index contributed by atoms with van der Waals surface area (Å²) in [6, 6.07) is 2.07. The number of anilines is 1. The third-order valence-electron chi connectivity index (χ3n) is 3.09. The molecule has 0 amide bonds. The molecule has 4 nitrogen and oxygen atoms in total. The van der Waals surface area contributed by atoms with Crippen LogP contribution in [0.5, 0.6) is 0 Å². The predicted octanol–water partition coefficient (Wildman–Crippen LogP) is 2.20. The minimum absolute atomic E-state index is 0.783. The SMILES string of the molecule is Cc1cc2c(NCC3CCSC3)nccn2n1. The molecule has 1 N–H and O–H groups in total. The van der Waals surface area contributed by atoms with Crippen molar-refractivity contribution in [1.82, 2.24) is 14.6 Å². The third-order valence-corrected chi connectivity index (χ3v) is 4.33. The highest BCUT2D eigenvalue weighted by Crippen LogP contribution is 2.24. The van der Waals surface area contributed by atoms with E-state index in [0.29, 0.717) is 0 Å². The van der Waals surface area contributed by atoms with Crippen LogP contribution in [0.25, 0.3) is 5.52 Å². The normalized spacial score (nSPS) is 19.9. The van der Waals surface area contributed by atoms with Crippen molar-refractivity contribution in [2.24, 2.45) is 5.92 Å². The largest absolute Gasteiger partial charge is 0.368 e. The molecule has 1 unspecified atom stereocenters. The van der Waals surface area contributed by atoms with Crippen molar-refractivity contribution in [1.29, 1.82) is 0 Å². The van der Waals surface area contributed by atoms with E-state index in [1.54, 1.807) is 6.20 Å². The standard InChI is InChI=1S/C12H16N4S/c1-9-6-11-12(13-3-4-16(11)15-9)14-7-10-2-5-17-8-10/h3-4,6,10H,2,5,7-8H2,1H3,(H,13,14). The lowest BCUT2D eigenvalue weighted by molar-refractivity contribution is 0.630. The second kappa shape index (κ2) is 4.56. The Balaban J connectivity index is 1.79. The van der Waals surface area contributed by atoms with Crippen LogP contribution in [0.1, 0.15) is 12.1 Å². The van der Waals surface area contributed by atoms with E-state index < -0.39 is 0 Å². The molecule has 5 heteroatoms. The smallest absolute Gasteiger partial charge is 0.152 e. The van der Waals surface area contributed by atoms with Crippen molar-refractivity contribution in [2.45, 2.75) is 13.3 Å². The summed E-state index contributed by atoms with van der Waals surface area (Å²) in [5.41, 5.74) is 2.09. The maximum Gasteiger partial charge on any atom is 0.152 e. The quantitative estimate of drug-likeness (QED) is 0.904. The van der Waals surface area contributed by atoms with E-state index in [2.05, 4.69) is 21.5 Å². The van der Waals surface area contributed by atoms with Crippen molar-refractivity contribution in [3.05, 3.63) is 24.2 Å². The van der Waals surface area contributed by atoms with Gasteiger partial charge in [0.15, 0.2) is 5.82 Å². The summed E-state index contributed by atoms with van der Waals surface area (Å²) in [5.74, 6) is 4.31. The van der Waals surface area contributed by atoms with Gasteiger partial charge in [0.2, 0.25) is 0 Å². The Labute approximate surface area is 105 Å². The van der Waals surface area contributed by atoms with Crippen LogP contribution in [0.2, 0.25) is 0 Å². The number of thioether (sulfide) groups is 1. The summed E-state index contributed by atoms with van der Waals surface area (Å²) >= 11 is 2.05. The first-order chi connectivity index (χ1) is 8.33. The Bertz CT molecular complexity index is 516. The van der Waals surface area contributed by atoms with Gasteiger partial charge in [0.25, 0.3) is 0 Å². The molecule has 90 valence electrons. The second-order valence-corrected chi connectivity index (χ2v) is 5.65. The average molecular weight is 248 g/mol. The molecule has 0 saturated carbocycles. The van der Waals surface area contributed by atoms with Gasteiger partial charge in [-0.3, -0.25) is 0 Å². The molecule has 2 aromatic heterocycles. The zero-order valence-corrected chi connectivity index (χ0v) is 10.7. The predicted molar refractivity (Wildman–Crippen MR) is 71.6 cm³/mol. The summed E-state index contributed by atoms with van der Waals surface area (Å²) in [6.45, 7) is 3.02. The highest BCUT2D eigenvalue weighted by Gasteiger charge is 2.15. The maximum absolute atomic E-state index is 4.40. The Morgan fingerprint density at radius 2 is 2.53 bits per heavy atom. The zero-order chi connectivity index (χ0) is 11.7. The monoisotopic (exact) mass is 248 g/mol. The molecule has 3 heterocycles. The van der Waals surface area contributed by atoms with Crippen LogP contribution in [0.4, 0.5) is 5.82 Å². The van der Waals surface area contributed by atoms with Gasteiger partial charge in [0.1, 0.15) is 5.52 Å². The molecule has 0 bridgehead atoms. The lowest BCUT2D eigenvalue weighted by atomic mass is 10.1. The second-order valence-electron chi connectivity index (χ2n) is 4.50. The van der Waals surface area contributed by atoms with Crippen LogP contribution < -0.4 is 5.32 Å². The van der Waals surface area contributed by atoms with E-state index in [1.165, 1.54) is 17.9 Å². The van der Waals surface area contributed by atoms with E-state index in [-0.39, 0.29) is 0 Å². The first kappa shape index (κ1) is 10.9. The first-order valence-electron chi connectivity index (χ1n) is 5.95. The summed E-state index contributed by atoms with van der Waals surface area (Å²) in [7, 11) is 0. The van der Waals surface area contributed by atoms with E-state index in [4.69, 9.17) is 0 Å². The molecule has 3 rings (SSSR count). The highest BCUT2D eigenvalue weighted by molar-refractivity contribution is 7.99. The van der Waals surface area contributed by atoms with Crippen molar-refractivity contribution < 1.29 is 0 Å². The number of aryl methyl sites for hydroxylation is 1. The number of aromatic nitrogens is 3. The third kappa shape index (κ3) is 2.24. The average Bonchev–Trinajstić information content (AvgIpc) is 2.93. The molecule has 2 aromatic rings. The first-order valence-corrected chi connectivity index (χ1v) is 7.11. The van der Waals surface area contributed by atoms with E-state index >= 15 is 0 Å². The Hall–Kier alpha value is -1.23. The van der Waals surface area contributed by atoms with Gasteiger partial charge in [0, 0.05) is 18.9 Å². The molecule has 0 aromatic carbocycles. The topological polar surface area (TPSA) is 42.2 Å². The lowest BCUT2D eigenvalue weighted by Gasteiger charge is -2.10. The molecule has 1 fully saturated rings. The fraction of sp³-hybridized carbons (Fsp3) is 0.500. The number of hydrogen-bond acceptors (Lipinski definition) is 4. The molecule has 0 radical (unpaired) electrons. The zero-order valence-electron chi connectivity index (χ0n) is 9.89. The molecule has 1 aliphatic rings. The van der Waals surface area contributed by atoms with Crippen LogP contribution in [0.3, 0.4) is 0 Å². The van der Waals surface area contributed by atoms with Gasteiger partial charge in [-0.25, -0.2) is 9.50 Å². The van der Waals surface area contributed by atoms with Gasteiger partial charge in [-0.15, -0.1) is 0 Å². The minimum atomic E-state index is 0.783. The summed E-state index contributed by atoms with van der Waals surface area (Å²) in [5, 5.41) is 7.84.